The average molecular weight is 376 g/mol. The normalized spacial score (nSPS) is 21.4. The van der Waals surface area contributed by atoms with Gasteiger partial charge in [0.05, 0.1) is 17.8 Å². The Morgan fingerprint density at radius 3 is 2.59 bits per heavy atom. The number of carbonyl (C=O) groups is 2. The molecule has 0 unspecified atom stereocenters. The summed E-state index contributed by atoms with van der Waals surface area (Å²) in [5.74, 6) is -0.0624. The van der Waals surface area contributed by atoms with Crippen molar-refractivity contribution in [3.8, 4) is 0 Å². The molecule has 3 rings (SSSR count). The molecule has 2 aliphatic carbocycles. The van der Waals surface area contributed by atoms with E-state index in [1.165, 1.54) is 5.69 Å². The molecule has 0 aliphatic heterocycles. The molecule has 7 nitrogen and oxygen atoms in total. The number of nitrogens with one attached hydrogen (secondary N) is 3. The lowest BCUT2D eigenvalue weighted by atomic mass is 9.90. The van der Waals surface area contributed by atoms with Gasteiger partial charge in [-0.05, 0) is 59.8 Å². The van der Waals surface area contributed by atoms with E-state index < -0.39 is 5.54 Å². The summed E-state index contributed by atoms with van der Waals surface area (Å²) in [6.45, 7) is 8.85. The van der Waals surface area contributed by atoms with Gasteiger partial charge in [-0.3, -0.25) is 9.48 Å². The number of amides is 3. The highest BCUT2D eigenvalue weighted by atomic mass is 16.2. The van der Waals surface area contributed by atoms with E-state index in [0.717, 1.165) is 37.7 Å². The Hall–Kier alpha value is -2.05. The molecule has 27 heavy (non-hydrogen) atoms. The van der Waals surface area contributed by atoms with Crippen molar-refractivity contribution in [2.24, 2.45) is 0 Å². The van der Waals surface area contributed by atoms with Crippen molar-refractivity contribution in [3.05, 3.63) is 17.5 Å². The van der Waals surface area contributed by atoms with Crippen LogP contribution in [-0.4, -0.2) is 33.8 Å². The lowest BCUT2D eigenvalue weighted by molar-refractivity contribution is -0.128. The lowest BCUT2D eigenvalue weighted by Gasteiger charge is -2.33. The summed E-state index contributed by atoms with van der Waals surface area (Å²) in [5.41, 5.74) is 1.47. The smallest absolute Gasteiger partial charge is 0.315 e. The molecule has 3 N–H and O–H groups in total. The van der Waals surface area contributed by atoms with Crippen molar-refractivity contribution in [2.45, 2.75) is 89.8 Å². The third kappa shape index (κ3) is 3.96. The second kappa shape index (κ2) is 7.52. The molecule has 0 aromatic carbocycles. The zero-order valence-electron chi connectivity index (χ0n) is 17.0. The van der Waals surface area contributed by atoms with Gasteiger partial charge < -0.3 is 16.0 Å². The van der Waals surface area contributed by atoms with Crippen LogP contribution in [0.2, 0.25) is 0 Å². The van der Waals surface area contributed by atoms with Crippen LogP contribution < -0.4 is 16.0 Å². The first kappa shape index (κ1) is 19.7. The van der Waals surface area contributed by atoms with Gasteiger partial charge >= 0.3 is 6.03 Å². The number of hydrogen-bond donors (Lipinski definition) is 3. The molecular formula is C20H33N5O2. The number of carbonyl (C=O) groups excluding carboxylic acids is 2. The fourth-order valence-corrected chi connectivity index (χ4v) is 4.39. The first-order valence-corrected chi connectivity index (χ1v) is 10.2. The number of aromatic nitrogens is 2. The Balaban J connectivity index is 1.78. The number of fused-ring (bicyclic) bond motifs is 1. The molecule has 0 spiro atoms. The predicted octanol–water partition coefficient (Wildman–Crippen LogP) is 2.76. The summed E-state index contributed by atoms with van der Waals surface area (Å²) in [4.78, 5) is 25.3. The fourth-order valence-electron chi connectivity index (χ4n) is 4.39. The number of nitrogens with zero attached hydrogens (tertiary/aromatic N) is 2. The van der Waals surface area contributed by atoms with Crippen molar-refractivity contribution < 1.29 is 9.59 Å². The summed E-state index contributed by atoms with van der Waals surface area (Å²) < 4.78 is 2.08. The number of hydrogen-bond acceptors (Lipinski definition) is 3. The van der Waals surface area contributed by atoms with E-state index in [4.69, 9.17) is 0 Å². The summed E-state index contributed by atoms with van der Waals surface area (Å²) in [6.07, 6.45) is 8.12. The van der Waals surface area contributed by atoms with Gasteiger partial charge in [0.2, 0.25) is 5.91 Å². The Kier molecular flexibility index (Phi) is 5.49. The predicted molar refractivity (Wildman–Crippen MR) is 104 cm³/mol. The molecule has 1 heterocycles. The standard InChI is InChI=1S/C20H33N5O2/c1-5-21-18(27)24-20(11-6-7-12-20)17(26)23-15-9-8-10-16-14(15)13-22-25(16)19(2,3)4/h13,15H,5-12H2,1-4H3,(H,23,26)(H2,21,24,27)/t15-/m1/s1. The molecule has 1 aromatic heterocycles. The van der Waals surface area contributed by atoms with Crippen LogP contribution in [0.4, 0.5) is 4.79 Å². The van der Waals surface area contributed by atoms with Crippen molar-refractivity contribution in [2.75, 3.05) is 6.54 Å². The molecule has 150 valence electrons. The van der Waals surface area contributed by atoms with Crippen molar-refractivity contribution in [1.82, 2.24) is 25.7 Å². The molecular weight excluding hydrogens is 342 g/mol. The largest absolute Gasteiger partial charge is 0.347 e. The highest BCUT2D eigenvalue weighted by Gasteiger charge is 2.43. The number of urea groups is 1. The van der Waals surface area contributed by atoms with Gasteiger partial charge in [-0.2, -0.15) is 5.10 Å². The third-order valence-corrected chi connectivity index (χ3v) is 5.71. The van der Waals surface area contributed by atoms with Crippen molar-refractivity contribution in [3.63, 3.8) is 0 Å². The molecule has 2 aliphatic rings. The van der Waals surface area contributed by atoms with Crippen LogP contribution in [0.3, 0.4) is 0 Å². The maximum absolute atomic E-state index is 13.2. The van der Waals surface area contributed by atoms with Crippen molar-refractivity contribution in [1.29, 1.82) is 0 Å². The topological polar surface area (TPSA) is 88.1 Å². The van der Waals surface area contributed by atoms with Gasteiger partial charge in [0.25, 0.3) is 0 Å². The van der Waals surface area contributed by atoms with Crippen LogP contribution in [0, 0.1) is 0 Å². The molecule has 3 amide bonds. The lowest BCUT2D eigenvalue weighted by Crippen LogP contribution is -2.59. The van der Waals surface area contributed by atoms with Gasteiger partial charge in [0.1, 0.15) is 5.54 Å². The Bertz CT molecular complexity index is 698. The third-order valence-electron chi connectivity index (χ3n) is 5.71. The molecule has 1 aromatic rings. The minimum atomic E-state index is -0.795. The highest BCUT2D eigenvalue weighted by molar-refractivity contribution is 5.91. The second-order valence-corrected chi connectivity index (χ2v) is 8.82. The molecule has 1 saturated carbocycles. The van der Waals surface area contributed by atoms with E-state index in [0.29, 0.717) is 19.4 Å². The van der Waals surface area contributed by atoms with Crippen molar-refractivity contribution >= 4 is 11.9 Å². The quantitative estimate of drug-likeness (QED) is 0.756. The summed E-state index contributed by atoms with van der Waals surface area (Å²) >= 11 is 0. The Morgan fingerprint density at radius 2 is 1.96 bits per heavy atom. The zero-order valence-corrected chi connectivity index (χ0v) is 17.0. The van der Waals surface area contributed by atoms with E-state index in [2.05, 4.69) is 46.5 Å². The van der Waals surface area contributed by atoms with E-state index in [1.54, 1.807) is 0 Å². The number of rotatable bonds is 4. The minimum absolute atomic E-state index is 0.0362. The maximum atomic E-state index is 13.2. The Labute approximate surface area is 161 Å². The molecule has 1 atom stereocenters. The highest BCUT2D eigenvalue weighted by Crippen LogP contribution is 2.35. The van der Waals surface area contributed by atoms with E-state index in [-0.39, 0.29) is 23.5 Å². The fraction of sp³-hybridized carbons (Fsp3) is 0.750. The van der Waals surface area contributed by atoms with Gasteiger partial charge in [-0.1, -0.05) is 12.8 Å². The van der Waals surface area contributed by atoms with E-state index >= 15 is 0 Å². The molecule has 7 heteroatoms. The molecule has 0 bridgehead atoms. The second-order valence-electron chi connectivity index (χ2n) is 8.82. The van der Waals surface area contributed by atoms with Crippen LogP contribution in [0.1, 0.15) is 83.5 Å². The van der Waals surface area contributed by atoms with Gasteiger partial charge in [-0.25, -0.2) is 4.79 Å². The zero-order chi connectivity index (χ0) is 19.7. The molecule has 1 fully saturated rings. The van der Waals surface area contributed by atoms with Crippen LogP contribution in [-0.2, 0) is 16.8 Å². The molecule has 0 saturated heterocycles. The average Bonchev–Trinajstić information content (AvgIpc) is 3.22. The van der Waals surface area contributed by atoms with Gasteiger partial charge in [0.15, 0.2) is 0 Å². The summed E-state index contributed by atoms with van der Waals surface area (Å²) in [6, 6.07) is -0.301. The van der Waals surface area contributed by atoms with E-state index in [9.17, 15) is 9.59 Å². The van der Waals surface area contributed by atoms with Gasteiger partial charge in [-0.15, -0.1) is 0 Å². The van der Waals surface area contributed by atoms with Crippen LogP contribution in [0.15, 0.2) is 6.20 Å². The van der Waals surface area contributed by atoms with Gasteiger partial charge in [0, 0.05) is 17.8 Å². The molecule has 0 radical (unpaired) electrons. The summed E-state index contributed by atoms with van der Waals surface area (Å²) in [7, 11) is 0. The first-order chi connectivity index (χ1) is 12.8. The minimum Gasteiger partial charge on any atom is -0.347 e. The van der Waals surface area contributed by atoms with E-state index in [1.807, 2.05) is 13.1 Å². The summed E-state index contributed by atoms with van der Waals surface area (Å²) in [5, 5.41) is 13.5. The Morgan fingerprint density at radius 1 is 1.26 bits per heavy atom. The van der Waals surface area contributed by atoms with Crippen LogP contribution in [0.25, 0.3) is 0 Å². The SMILES string of the molecule is CCNC(=O)NC1(C(=O)N[C@@H]2CCCc3c2cnn3C(C)(C)C)CCCC1. The monoisotopic (exact) mass is 375 g/mol. The maximum Gasteiger partial charge on any atom is 0.315 e. The van der Waals surface area contributed by atoms with Crippen LogP contribution in [0.5, 0.6) is 0 Å². The first-order valence-electron chi connectivity index (χ1n) is 10.2. The van der Waals surface area contributed by atoms with Crippen LogP contribution >= 0.6 is 0 Å².